The third-order valence-electron chi connectivity index (χ3n) is 6.39. The Morgan fingerprint density at radius 2 is 1.79 bits per heavy atom. The van der Waals surface area contributed by atoms with E-state index in [1.807, 2.05) is 63.5 Å². The lowest BCUT2D eigenvalue weighted by Crippen LogP contribution is -2.31. The maximum absolute atomic E-state index is 14.0. The van der Waals surface area contributed by atoms with Crippen LogP contribution in [0.25, 0.3) is 21.9 Å². The standard InChI is InChI=1S/C27H35ClN5O4P/c1-6-35-16-24-31-25-26(22-9-7-8-10-23(22)30-27(25)29)33(24)18(4)15-36-38(34,32-19(5)17(2)3)37-21-13-11-20(28)12-14-21/h7-14,17-19H,6,15-16H2,1-5H3,(H2,29,30)(H,32,34)/t18-,19+,38?/m1/s1. The molecule has 3 N–H and O–H groups in total. The number of nitrogen functional groups attached to an aromatic ring is 1. The van der Waals surface area contributed by atoms with Gasteiger partial charge in [-0.1, -0.05) is 43.6 Å². The van der Waals surface area contributed by atoms with Gasteiger partial charge in [0.25, 0.3) is 0 Å². The van der Waals surface area contributed by atoms with Crippen LogP contribution in [0.3, 0.4) is 0 Å². The zero-order valence-corrected chi connectivity index (χ0v) is 24.0. The SMILES string of the molecule is CCOCc1nc2c(N)nc3ccccc3c2n1[C@H](C)COP(=O)(N[C@@H](C)C(C)C)Oc1ccc(Cl)cc1. The fourth-order valence-electron chi connectivity index (χ4n) is 4.04. The highest BCUT2D eigenvalue weighted by Gasteiger charge is 2.32. The van der Waals surface area contributed by atoms with E-state index in [2.05, 4.69) is 10.1 Å². The third-order valence-corrected chi connectivity index (χ3v) is 8.31. The van der Waals surface area contributed by atoms with Crippen molar-refractivity contribution in [1.29, 1.82) is 0 Å². The van der Waals surface area contributed by atoms with Gasteiger partial charge in [0.15, 0.2) is 5.82 Å². The predicted molar refractivity (Wildman–Crippen MR) is 153 cm³/mol. The van der Waals surface area contributed by atoms with Crippen LogP contribution >= 0.6 is 19.3 Å². The molecule has 0 amide bonds. The summed E-state index contributed by atoms with van der Waals surface area (Å²) in [4.78, 5) is 9.31. The van der Waals surface area contributed by atoms with Gasteiger partial charge < -0.3 is 19.6 Å². The molecule has 0 saturated heterocycles. The van der Waals surface area contributed by atoms with Crippen molar-refractivity contribution >= 4 is 47.1 Å². The summed E-state index contributed by atoms with van der Waals surface area (Å²) in [5.41, 5.74) is 8.50. The highest BCUT2D eigenvalue weighted by atomic mass is 35.5. The number of pyridine rings is 1. The Kier molecular flexibility index (Phi) is 8.96. The van der Waals surface area contributed by atoms with E-state index in [0.29, 0.717) is 34.5 Å². The van der Waals surface area contributed by atoms with Crippen molar-refractivity contribution in [1.82, 2.24) is 19.6 Å². The zero-order valence-electron chi connectivity index (χ0n) is 22.3. The molecule has 0 aliphatic rings. The van der Waals surface area contributed by atoms with Gasteiger partial charge in [0.2, 0.25) is 0 Å². The first-order valence-electron chi connectivity index (χ1n) is 12.7. The van der Waals surface area contributed by atoms with Crippen LogP contribution in [0.1, 0.15) is 46.5 Å². The quantitative estimate of drug-likeness (QED) is 0.183. The Labute approximate surface area is 228 Å². The van der Waals surface area contributed by atoms with Crippen LogP contribution in [-0.4, -0.2) is 33.8 Å². The maximum atomic E-state index is 14.0. The number of imidazole rings is 1. The van der Waals surface area contributed by atoms with Gasteiger partial charge in [-0.2, -0.15) is 0 Å². The summed E-state index contributed by atoms with van der Waals surface area (Å²) in [6, 6.07) is 14.0. The summed E-state index contributed by atoms with van der Waals surface area (Å²) in [6.07, 6.45) is 0. The fourth-order valence-corrected chi connectivity index (χ4v) is 5.96. The second kappa shape index (κ2) is 12.0. The van der Waals surface area contributed by atoms with Crippen molar-refractivity contribution in [3.8, 4) is 5.75 Å². The summed E-state index contributed by atoms with van der Waals surface area (Å²) in [7, 11) is -3.77. The number of nitrogens with one attached hydrogen (secondary N) is 1. The van der Waals surface area contributed by atoms with E-state index in [1.54, 1.807) is 24.3 Å². The van der Waals surface area contributed by atoms with Crippen LogP contribution in [0, 0.1) is 5.92 Å². The highest BCUT2D eigenvalue weighted by molar-refractivity contribution is 7.52. The Morgan fingerprint density at radius 3 is 2.47 bits per heavy atom. The van der Waals surface area contributed by atoms with Crippen molar-refractivity contribution in [2.75, 3.05) is 18.9 Å². The zero-order chi connectivity index (χ0) is 27.4. The topological polar surface area (TPSA) is 114 Å². The number of fused-ring (bicyclic) bond motifs is 3. The molecule has 204 valence electrons. The molecule has 3 atom stereocenters. The highest BCUT2D eigenvalue weighted by Crippen LogP contribution is 2.46. The van der Waals surface area contributed by atoms with Crippen LogP contribution in [0.15, 0.2) is 48.5 Å². The molecular formula is C27H35ClN5O4P. The van der Waals surface area contributed by atoms with E-state index >= 15 is 0 Å². The second-order valence-electron chi connectivity index (χ2n) is 9.60. The van der Waals surface area contributed by atoms with Gasteiger partial charge in [-0.25, -0.2) is 19.6 Å². The predicted octanol–water partition coefficient (Wildman–Crippen LogP) is 6.76. The summed E-state index contributed by atoms with van der Waals surface area (Å²) < 4.78 is 33.7. The van der Waals surface area contributed by atoms with Crippen LogP contribution < -0.4 is 15.3 Å². The Morgan fingerprint density at radius 1 is 1.08 bits per heavy atom. The first-order chi connectivity index (χ1) is 18.1. The Balaban J connectivity index is 1.70. The summed E-state index contributed by atoms with van der Waals surface area (Å²) in [5.74, 6) is 1.62. The maximum Gasteiger partial charge on any atom is 0.459 e. The number of hydrogen-bond donors (Lipinski definition) is 2. The van der Waals surface area contributed by atoms with Gasteiger partial charge in [-0.05, 0) is 57.0 Å². The number of para-hydroxylation sites is 1. The molecule has 4 aromatic rings. The summed E-state index contributed by atoms with van der Waals surface area (Å²) in [6.45, 7) is 10.8. The number of anilines is 1. The van der Waals surface area contributed by atoms with Crippen LogP contribution in [-0.2, 0) is 20.4 Å². The van der Waals surface area contributed by atoms with E-state index in [0.717, 1.165) is 16.4 Å². The lowest BCUT2D eigenvalue weighted by Gasteiger charge is -2.27. The van der Waals surface area contributed by atoms with Crippen molar-refractivity contribution in [3.05, 3.63) is 59.4 Å². The minimum atomic E-state index is -3.77. The third kappa shape index (κ3) is 6.30. The number of aromatic nitrogens is 3. The number of rotatable bonds is 12. The lowest BCUT2D eigenvalue weighted by molar-refractivity contribution is 0.123. The molecule has 0 aliphatic heterocycles. The fraction of sp³-hybridized carbons (Fsp3) is 0.407. The molecule has 4 rings (SSSR count). The number of nitrogens with zero attached hydrogens (tertiary/aromatic N) is 3. The molecule has 0 saturated carbocycles. The minimum absolute atomic E-state index is 0.0732. The average molecular weight is 560 g/mol. The van der Waals surface area contributed by atoms with Gasteiger partial charge in [0, 0.05) is 23.1 Å². The van der Waals surface area contributed by atoms with E-state index < -0.39 is 7.75 Å². The number of nitrogens with two attached hydrogens (primary N) is 1. The number of ether oxygens (including phenoxy) is 1. The lowest BCUT2D eigenvalue weighted by atomic mass is 10.1. The molecule has 2 aromatic heterocycles. The Hall–Kier alpha value is -2.68. The molecule has 0 fully saturated rings. The van der Waals surface area contributed by atoms with Gasteiger partial charge >= 0.3 is 7.75 Å². The van der Waals surface area contributed by atoms with E-state index in [1.165, 1.54) is 0 Å². The largest absolute Gasteiger partial charge is 0.459 e. The second-order valence-corrected chi connectivity index (χ2v) is 11.7. The smallest absolute Gasteiger partial charge is 0.413 e. The number of hydrogen-bond acceptors (Lipinski definition) is 7. The molecule has 11 heteroatoms. The van der Waals surface area contributed by atoms with Gasteiger partial charge in [-0.15, -0.1) is 0 Å². The number of benzene rings is 2. The molecule has 1 unspecified atom stereocenters. The van der Waals surface area contributed by atoms with Gasteiger partial charge in [0.1, 0.15) is 23.7 Å². The monoisotopic (exact) mass is 559 g/mol. The van der Waals surface area contributed by atoms with Crippen molar-refractivity contribution < 1.29 is 18.3 Å². The van der Waals surface area contributed by atoms with E-state index in [4.69, 9.17) is 36.1 Å². The van der Waals surface area contributed by atoms with Crippen LogP contribution in [0.5, 0.6) is 5.75 Å². The van der Waals surface area contributed by atoms with Crippen LogP contribution in [0.2, 0.25) is 5.02 Å². The van der Waals surface area contributed by atoms with Gasteiger partial charge in [0.05, 0.1) is 23.7 Å². The molecule has 2 heterocycles. The average Bonchev–Trinajstić information content (AvgIpc) is 3.28. The molecular weight excluding hydrogens is 525 g/mol. The molecule has 2 aromatic carbocycles. The summed E-state index contributed by atoms with van der Waals surface area (Å²) in [5, 5.41) is 4.54. The van der Waals surface area contributed by atoms with Crippen molar-refractivity contribution in [2.24, 2.45) is 5.92 Å². The molecule has 38 heavy (non-hydrogen) atoms. The summed E-state index contributed by atoms with van der Waals surface area (Å²) >= 11 is 6.02. The van der Waals surface area contributed by atoms with Crippen LogP contribution in [0.4, 0.5) is 5.82 Å². The first kappa shape index (κ1) is 28.3. The number of halogens is 1. The first-order valence-corrected chi connectivity index (χ1v) is 14.6. The molecule has 0 aliphatic carbocycles. The molecule has 9 nitrogen and oxygen atoms in total. The molecule has 0 radical (unpaired) electrons. The van der Waals surface area contributed by atoms with E-state index in [-0.39, 0.29) is 31.2 Å². The molecule has 0 bridgehead atoms. The molecule has 0 spiro atoms. The van der Waals surface area contributed by atoms with Gasteiger partial charge in [-0.3, -0.25) is 4.52 Å². The van der Waals surface area contributed by atoms with Crippen molar-refractivity contribution in [2.45, 2.75) is 53.3 Å². The van der Waals surface area contributed by atoms with E-state index in [9.17, 15) is 4.57 Å². The minimum Gasteiger partial charge on any atom is -0.413 e. The van der Waals surface area contributed by atoms with Crippen molar-refractivity contribution in [3.63, 3.8) is 0 Å². The normalized spacial score (nSPS) is 15.1. The Bertz CT molecular complexity index is 1440.